The summed E-state index contributed by atoms with van der Waals surface area (Å²) in [5.74, 6) is 0.918. The van der Waals surface area contributed by atoms with E-state index < -0.39 is 5.60 Å². The molecule has 112 valence electrons. The Morgan fingerprint density at radius 1 is 1.16 bits per heavy atom. The summed E-state index contributed by atoms with van der Waals surface area (Å²) in [7, 11) is 1.75. The zero-order chi connectivity index (χ0) is 14.3. The van der Waals surface area contributed by atoms with Crippen LogP contribution in [0.1, 0.15) is 46.5 Å². The molecule has 1 aliphatic carbocycles. The Balaban J connectivity index is 2.16. The Morgan fingerprint density at radius 2 is 1.79 bits per heavy atom. The molecular formula is C15H28O4. The summed E-state index contributed by atoms with van der Waals surface area (Å²) in [6.07, 6.45) is 4.81. The van der Waals surface area contributed by atoms with Crippen LogP contribution in [0.25, 0.3) is 0 Å². The van der Waals surface area contributed by atoms with Crippen molar-refractivity contribution in [3.63, 3.8) is 0 Å². The van der Waals surface area contributed by atoms with Crippen molar-refractivity contribution in [1.29, 1.82) is 0 Å². The number of rotatable bonds is 6. The molecule has 0 N–H and O–H groups in total. The molecule has 0 aromatic rings. The highest BCUT2D eigenvalue weighted by Gasteiger charge is 2.23. The minimum atomic E-state index is -0.436. The molecule has 0 aromatic heterocycles. The monoisotopic (exact) mass is 272 g/mol. The van der Waals surface area contributed by atoms with Crippen LogP contribution in [-0.2, 0) is 19.0 Å². The summed E-state index contributed by atoms with van der Waals surface area (Å²) in [6, 6.07) is 0. The molecule has 0 aromatic carbocycles. The first-order chi connectivity index (χ1) is 8.90. The fourth-order valence-electron chi connectivity index (χ4n) is 2.62. The van der Waals surface area contributed by atoms with Gasteiger partial charge in [0.05, 0.1) is 6.61 Å². The molecular weight excluding hydrogens is 244 g/mol. The molecule has 0 bridgehead atoms. The molecule has 4 heteroatoms. The molecule has 2 atom stereocenters. The fourth-order valence-corrected chi connectivity index (χ4v) is 2.62. The van der Waals surface area contributed by atoms with Gasteiger partial charge in [-0.3, -0.25) is 0 Å². The molecule has 4 nitrogen and oxygen atoms in total. The van der Waals surface area contributed by atoms with Crippen LogP contribution in [0.2, 0.25) is 0 Å². The van der Waals surface area contributed by atoms with Gasteiger partial charge in [-0.2, -0.15) is 0 Å². The number of carbonyl (C=O) groups excluding carboxylic acids is 1. The van der Waals surface area contributed by atoms with E-state index in [1.54, 1.807) is 7.11 Å². The molecule has 0 saturated heterocycles. The highest BCUT2D eigenvalue weighted by atomic mass is 16.6. The van der Waals surface area contributed by atoms with Gasteiger partial charge in [-0.05, 0) is 51.9 Å². The van der Waals surface area contributed by atoms with Crippen LogP contribution in [0.3, 0.4) is 0 Å². The Labute approximate surface area is 116 Å². The van der Waals surface area contributed by atoms with Crippen LogP contribution in [-0.4, -0.2) is 38.5 Å². The molecule has 0 amide bonds. The maximum absolute atomic E-state index is 11.5. The van der Waals surface area contributed by atoms with E-state index in [1.807, 2.05) is 20.8 Å². The zero-order valence-corrected chi connectivity index (χ0v) is 12.7. The lowest BCUT2D eigenvalue weighted by molar-refractivity contribution is -0.160. The molecule has 2 unspecified atom stereocenters. The molecule has 0 aliphatic heterocycles. The second-order valence-corrected chi connectivity index (χ2v) is 6.46. The molecule has 1 saturated carbocycles. The van der Waals surface area contributed by atoms with Crippen LogP contribution in [0.15, 0.2) is 0 Å². The van der Waals surface area contributed by atoms with Crippen molar-refractivity contribution in [1.82, 2.24) is 0 Å². The van der Waals surface area contributed by atoms with Crippen LogP contribution < -0.4 is 0 Å². The maximum atomic E-state index is 11.5. The first-order valence-electron chi connectivity index (χ1n) is 7.19. The Morgan fingerprint density at radius 3 is 2.37 bits per heavy atom. The van der Waals surface area contributed by atoms with Crippen molar-refractivity contribution in [3.8, 4) is 0 Å². The predicted octanol–water partition coefficient (Wildman–Crippen LogP) is 2.80. The molecule has 19 heavy (non-hydrogen) atoms. The largest absolute Gasteiger partial charge is 0.458 e. The summed E-state index contributed by atoms with van der Waals surface area (Å²) in [5.41, 5.74) is -0.436. The molecule has 0 spiro atoms. The number of hydrogen-bond donors (Lipinski definition) is 0. The maximum Gasteiger partial charge on any atom is 0.332 e. The van der Waals surface area contributed by atoms with Gasteiger partial charge >= 0.3 is 5.97 Å². The fraction of sp³-hybridized carbons (Fsp3) is 0.933. The predicted molar refractivity (Wildman–Crippen MR) is 74.0 cm³/mol. The number of ether oxygens (including phenoxy) is 3. The first-order valence-corrected chi connectivity index (χ1v) is 7.19. The minimum Gasteiger partial charge on any atom is -0.458 e. The van der Waals surface area contributed by atoms with E-state index >= 15 is 0 Å². The van der Waals surface area contributed by atoms with Crippen molar-refractivity contribution < 1.29 is 19.0 Å². The van der Waals surface area contributed by atoms with Gasteiger partial charge in [0.25, 0.3) is 0 Å². The Kier molecular flexibility index (Phi) is 6.80. The molecule has 0 heterocycles. The molecule has 1 aliphatic rings. The van der Waals surface area contributed by atoms with Gasteiger partial charge in [-0.15, -0.1) is 0 Å². The third-order valence-corrected chi connectivity index (χ3v) is 3.29. The smallest absolute Gasteiger partial charge is 0.332 e. The van der Waals surface area contributed by atoms with Crippen molar-refractivity contribution in [2.24, 2.45) is 11.8 Å². The van der Waals surface area contributed by atoms with Crippen LogP contribution >= 0.6 is 0 Å². The summed E-state index contributed by atoms with van der Waals surface area (Å²) in [6.45, 7) is 7.13. The SMILES string of the molecule is COCC1CCCC(COCC(=O)OC(C)(C)C)C1. The zero-order valence-electron chi connectivity index (χ0n) is 12.7. The van der Waals surface area contributed by atoms with Gasteiger partial charge in [0.1, 0.15) is 12.2 Å². The van der Waals surface area contributed by atoms with Crippen LogP contribution in [0, 0.1) is 11.8 Å². The lowest BCUT2D eigenvalue weighted by atomic mass is 9.82. The van der Waals surface area contributed by atoms with Gasteiger partial charge in [0, 0.05) is 13.7 Å². The van der Waals surface area contributed by atoms with E-state index in [0.717, 1.165) is 13.0 Å². The van der Waals surface area contributed by atoms with E-state index in [0.29, 0.717) is 18.4 Å². The second kappa shape index (κ2) is 7.85. The number of hydrogen-bond acceptors (Lipinski definition) is 4. The first kappa shape index (κ1) is 16.4. The normalized spacial score (nSPS) is 24.2. The van der Waals surface area contributed by atoms with Gasteiger partial charge in [-0.25, -0.2) is 4.79 Å². The van der Waals surface area contributed by atoms with E-state index in [-0.39, 0.29) is 12.6 Å². The van der Waals surface area contributed by atoms with E-state index in [1.165, 1.54) is 19.3 Å². The van der Waals surface area contributed by atoms with Crippen molar-refractivity contribution >= 4 is 5.97 Å². The number of carbonyl (C=O) groups is 1. The average Bonchev–Trinajstić information content (AvgIpc) is 2.27. The van der Waals surface area contributed by atoms with E-state index in [4.69, 9.17) is 14.2 Å². The van der Waals surface area contributed by atoms with Crippen molar-refractivity contribution in [2.75, 3.05) is 26.9 Å². The molecule has 1 rings (SSSR count). The Bertz CT molecular complexity index is 268. The summed E-state index contributed by atoms with van der Waals surface area (Å²) in [4.78, 5) is 11.5. The summed E-state index contributed by atoms with van der Waals surface area (Å²) in [5, 5.41) is 0. The van der Waals surface area contributed by atoms with Gasteiger partial charge in [-0.1, -0.05) is 6.42 Å². The molecule has 0 radical (unpaired) electrons. The topological polar surface area (TPSA) is 44.8 Å². The summed E-state index contributed by atoms with van der Waals surface area (Å²) < 4.78 is 15.9. The minimum absolute atomic E-state index is 0.0582. The van der Waals surface area contributed by atoms with Crippen molar-refractivity contribution in [2.45, 2.75) is 52.1 Å². The second-order valence-electron chi connectivity index (χ2n) is 6.46. The quantitative estimate of drug-likeness (QED) is 0.697. The third kappa shape index (κ3) is 7.53. The van der Waals surface area contributed by atoms with Crippen LogP contribution in [0.5, 0.6) is 0 Å². The number of esters is 1. The molecule has 1 fully saturated rings. The Hall–Kier alpha value is -0.610. The number of methoxy groups -OCH3 is 1. The van der Waals surface area contributed by atoms with Crippen molar-refractivity contribution in [3.05, 3.63) is 0 Å². The van der Waals surface area contributed by atoms with E-state index in [9.17, 15) is 4.79 Å². The van der Waals surface area contributed by atoms with Gasteiger partial charge < -0.3 is 14.2 Å². The van der Waals surface area contributed by atoms with Gasteiger partial charge in [0.2, 0.25) is 0 Å². The van der Waals surface area contributed by atoms with Crippen LogP contribution in [0.4, 0.5) is 0 Å². The third-order valence-electron chi connectivity index (χ3n) is 3.29. The highest BCUT2D eigenvalue weighted by Crippen LogP contribution is 2.29. The lowest BCUT2D eigenvalue weighted by Gasteiger charge is -2.28. The standard InChI is InChI=1S/C15H28O4/c1-15(2,3)19-14(16)11-18-10-13-7-5-6-12(8-13)9-17-4/h12-13H,5-11H2,1-4H3. The summed E-state index contributed by atoms with van der Waals surface area (Å²) >= 11 is 0. The van der Waals surface area contributed by atoms with E-state index in [2.05, 4.69) is 0 Å². The highest BCUT2D eigenvalue weighted by molar-refractivity contribution is 5.71. The lowest BCUT2D eigenvalue weighted by Crippen LogP contribution is -2.28. The van der Waals surface area contributed by atoms with Gasteiger partial charge in [0.15, 0.2) is 0 Å². The average molecular weight is 272 g/mol.